The number of aromatic nitrogens is 3. The zero-order valence-electron chi connectivity index (χ0n) is 23.8. The van der Waals surface area contributed by atoms with Crippen molar-refractivity contribution in [2.24, 2.45) is 0 Å². The normalized spacial score (nSPS) is 21.4. The van der Waals surface area contributed by atoms with Crippen molar-refractivity contribution in [3.8, 4) is 0 Å². The second-order valence-corrected chi connectivity index (χ2v) is 13.4. The number of halogens is 2. The number of nitrogens with zero attached hydrogens (tertiary/aromatic N) is 3. The largest absolute Gasteiger partial charge is 0.496 e. The van der Waals surface area contributed by atoms with Crippen LogP contribution in [0.2, 0.25) is 0 Å². The molecule has 3 aromatic rings. The van der Waals surface area contributed by atoms with Crippen molar-refractivity contribution in [2.45, 2.75) is 83.8 Å². The number of anilines is 1. The number of nitrogens with one attached hydrogen (secondary N) is 1. The van der Waals surface area contributed by atoms with Gasteiger partial charge in [0, 0.05) is 29.2 Å². The van der Waals surface area contributed by atoms with E-state index in [2.05, 4.69) is 10.1 Å². The van der Waals surface area contributed by atoms with Crippen molar-refractivity contribution in [2.75, 3.05) is 17.1 Å². The van der Waals surface area contributed by atoms with E-state index in [9.17, 15) is 17.9 Å². The van der Waals surface area contributed by atoms with Crippen molar-refractivity contribution in [3.05, 3.63) is 47.3 Å². The molecule has 5 rings (SSSR count). The second-order valence-electron chi connectivity index (χ2n) is 11.5. The maximum absolute atomic E-state index is 15.7. The molecule has 0 amide bonds. The molecule has 2 aliphatic heterocycles. The molecule has 222 valence electrons. The van der Waals surface area contributed by atoms with E-state index in [1.807, 2.05) is 32.4 Å². The fourth-order valence-electron chi connectivity index (χ4n) is 4.99. The molecule has 2 aliphatic rings. The zero-order valence-corrected chi connectivity index (χ0v) is 24.6. The standard InChI is InChI=1S/C27H35BF2N4O6S/c1-6-13-41(36,37)33-23-19(29)11-10-17(21(23)30)24(35)22-18-14-16(28-39-26(2,3)27(4,5)40-28)15-31-25(18)34(32-22)20-9-7-8-12-38-20/h10-11,14-15,20,24,33,35H,6-9,12-13H2,1-5H3. The minimum Gasteiger partial charge on any atom is -0.399 e. The van der Waals surface area contributed by atoms with Gasteiger partial charge in [0.05, 0.1) is 17.0 Å². The van der Waals surface area contributed by atoms with Gasteiger partial charge in [-0.3, -0.25) is 4.72 Å². The van der Waals surface area contributed by atoms with Crippen LogP contribution in [0.1, 0.15) is 83.9 Å². The number of fused-ring (bicyclic) bond motifs is 1. The van der Waals surface area contributed by atoms with E-state index >= 15 is 4.39 Å². The Kier molecular flexibility index (Phi) is 7.92. The van der Waals surface area contributed by atoms with Crippen molar-refractivity contribution in [3.63, 3.8) is 0 Å². The van der Waals surface area contributed by atoms with Crippen LogP contribution in [0.5, 0.6) is 0 Å². The van der Waals surface area contributed by atoms with Crippen LogP contribution in [0.25, 0.3) is 11.0 Å². The molecule has 2 saturated heterocycles. The first-order chi connectivity index (χ1) is 19.2. The highest BCUT2D eigenvalue weighted by Gasteiger charge is 2.52. The molecule has 41 heavy (non-hydrogen) atoms. The fourth-order valence-corrected chi connectivity index (χ4v) is 6.12. The van der Waals surface area contributed by atoms with Crippen LogP contribution >= 0.6 is 0 Å². The van der Waals surface area contributed by atoms with Crippen LogP contribution in [0.15, 0.2) is 24.4 Å². The third-order valence-electron chi connectivity index (χ3n) is 7.96. The summed E-state index contributed by atoms with van der Waals surface area (Å²) >= 11 is 0. The summed E-state index contributed by atoms with van der Waals surface area (Å²) in [6.07, 6.45) is 2.21. The van der Waals surface area contributed by atoms with Crippen LogP contribution < -0.4 is 10.2 Å². The molecule has 0 radical (unpaired) electrons. The molecule has 0 spiro atoms. The van der Waals surface area contributed by atoms with Gasteiger partial charge in [0.2, 0.25) is 10.0 Å². The molecule has 2 fully saturated rings. The van der Waals surface area contributed by atoms with Gasteiger partial charge >= 0.3 is 7.12 Å². The SMILES string of the molecule is CCCS(=O)(=O)Nc1c(F)ccc(C(O)c2nn(C3CCCCO3)c3ncc(B4OC(C)(C)C(C)(C)O4)cc23)c1F. The fraction of sp³-hybridized carbons (Fsp3) is 0.556. The molecule has 0 saturated carbocycles. The minimum atomic E-state index is -4.00. The first kappa shape index (κ1) is 29.8. The molecule has 2 N–H and O–H groups in total. The Bertz CT molecular complexity index is 1540. The predicted molar refractivity (Wildman–Crippen MR) is 150 cm³/mol. The molecule has 14 heteroatoms. The van der Waals surface area contributed by atoms with Crippen LogP contribution in [0.4, 0.5) is 14.5 Å². The van der Waals surface area contributed by atoms with E-state index in [1.165, 1.54) is 0 Å². The summed E-state index contributed by atoms with van der Waals surface area (Å²) < 4.78 is 76.7. The number of aliphatic hydroxyl groups is 1. The average Bonchev–Trinajstić information content (AvgIpc) is 3.39. The Morgan fingerprint density at radius 1 is 1.20 bits per heavy atom. The van der Waals surface area contributed by atoms with Crippen molar-refractivity contribution >= 4 is 39.3 Å². The predicted octanol–water partition coefficient (Wildman–Crippen LogP) is 3.94. The van der Waals surface area contributed by atoms with Gasteiger partial charge in [0.15, 0.2) is 17.7 Å². The third kappa shape index (κ3) is 5.59. The van der Waals surface area contributed by atoms with Gasteiger partial charge in [-0.15, -0.1) is 0 Å². The summed E-state index contributed by atoms with van der Waals surface area (Å²) in [6.45, 7) is 9.87. The summed E-state index contributed by atoms with van der Waals surface area (Å²) in [6, 6.07) is 3.70. The van der Waals surface area contributed by atoms with E-state index in [0.29, 0.717) is 29.5 Å². The molecule has 2 aromatic heterocycles. The number of benzene rings is 1. The topological polar surface area (TPSA) is 125 Å². The molecule has 10 nitrogen and oxygen atoms in total. The Morgan fingerprint density at radius 3 is 2.54 bits per heavy atom. The van der Waals surface area contributed by atoms with E-state index in [-0.39, 0.29) is 23.4 Å². The molecule has 0 aliphatic carbocycles. The number of sulfonamides is 1. The van der Waals surface area contributed by atoms with Crippen molar-refractivity contribution in [1.29, 1.82) is 0 Å². The zero-order chi connectivity index (χ0) is 29.7. The lowest BCUT2D eigenvalue weighted by atomic mass is 9.80. The third-order valence-corrected chi connectivity index (χ3v) is 9.42. The highest BCUT2D eigenvalue weighted by atomic mass is 32.2. The second kappa shape index (κ2) is 10.9. The maximum atomic E-state index is 15.7. The highest BCUT2D eigenvalue weighted by Crippen LogP contribution is 2.38. The van der Waals surface area contributed by atoms with Gasteiger partial charge in [-0.25, -0.2) is 26.9 Å². The lowest BCUT2D eigenvalue weighted by molar-refractivity contribution is -0.0375. The van der Waals surface area contributed by atoms with E-state index in [0.717, 1.165) is 25.0 Å². The summed E-state index contributed by atoms with van der Waals surface area (Å²) in [4.78, 5) is 4.62. The molecule has 4 heterocycles. The Morgan fingerprint density at radius 2 is 1.90 bits per heavy atom. The molecule has 0 bridgehead atoms. The lowest BCUT2D eigenvalue weighted by Crippen LogP contribution is -2.41. The quantitative estimate of drug-likeness (QED) is 0.377. The smallest absolute Gasteiger partial charge is 0.399 e. The van der Waals surface area contributed by atoms with Gasteiger partial charge in [0.25, 0.3) is 0 Å². The van der Waals surface area contributed by atoms with Gasteiger partial charge in [-0.2, -0.15) is 5.10 Å². The van der Waals surface area contributed by atoms with Gasteiger partial charge in [-0.1, -0.05) is 13.0 Å². The van der Waals surface area contributed by atoms with E-state index < -0.39 is 58.0 Å². The van der Waals surface area contributed by atoms with Gasteiger partial charge < -0.3 is 19.2 Å². The number of pyridine rings is 1. The number of hydrogen-bond acceptors (Lipinski definition) is 8. The molecular formula is C27H35BF2N4O6S. The van der Waals surface area contributed by atoms with Crippen LogP contribution in [0.3, 0.4) is 0 Å². The first-order valence-electron chi connectivity index (χ1n) is 13.8. The van der Waals surface area contributed by atoms with Crippen LogP contribution in [-0.4, -0.2) is 59.0 Å². The lowest BCUT2D eigenvalue weighted by Gasteiger charge is -2.32. The molecule has 2 unspecified atom stereocenters. The summed E-state index contributed by atoms with van der Waals surface area (Å²) in [7, 11) is -4.75. The first-order valence-corrected chi connectivity index (χ1v) is 15.4. The summed E-state index contributed by atoms with van der Waals surface area (Å²) in [5.74, 6) is -2.65. The molecule has 2 atom stereocenters. The number of ether oxygens (including phenoxy) is 1. The van der Waals surface area contributed by atoms with Gasteiger partial charge in [-0.05, 0) is 65.5 Å². The maximum Gasteiger partial charge on any atom is 0.496 e. The summed E-state index contributed by atoms with van der Waals surface area (Å²) in [5.41, 5.74) is -1.39. The van der Waals surface area contributed by atoms with Crippen molar-refractivity contribution < 1.29 is 36.4 Å². The Labute approximate surface area is 238 Å². The Balaban J connectivity index is 1.61. The Hall–Kier alpha value is -2.65. The van der Waals surface area contributed by atoms with Crippen molar-refractivity contribution in [1.82, 2.24) is 14.8 Å². The highest BCUT2D eigenvalue weighted by molar-refractivity contribution is 7.92. The summed E-state index contributed by atoms with van der Waals surface area (Å²) in [5, 5.41) is 16.5. The monoisotopic (exact) mass is 592 g/mol. The van der Waals surface area contributed by atoms with Crippen LogP contribution in [0, 0.1) is 11.6 Å². The number of hydrogen-bond donors (Lipinski definition) is 2. The molecular weight excluding hydrogens is 557 g/mol. The average molecular weight is 592 g/mol. The number of rotatable bonds is 8. The van der Waals surface area contributed by atoms with Crippen LogP contribution in [-0.2, 0) is 24.1 Å². The molecule has 1 aromatic carbocycles. The minimum absolute atomic E-state index is 0.0490. The van der Waals surface area contributed by atoms with E-state index in [4.69, 9.17) is 14.0 Å². The number of aliphatic hydroxyl groups excluding tert-OH is 1. The van der Waals surface area contributed by atoms with Gasteiger partial charge in [0.1, 0.15) is 23.3 Å². The van der Waals surface area contributed by atoms with E-state index in [1.54, 1.807) is 23.9 Å².